The Balaban J connectivity index is 1.47. The molecule has 7 nitrogen and oxygen atoms in total. The summed E-state index contributed by atoms with van der Waals surface area (Å²) in [6.45, 7) is 5.17. The average molecular weight is 479 g/mol. The zero-order valence-electron chi connectivity index (χ0n) is 20.3. The van der Waals surface area contributed by atoms with Crippen molar-refractivity contribution in [1.82, 2.24) is 9.80 Å². The molecule has 0 bridgehead atoms. The van der Waals surface area contributed by atoms with Crippen LogP contribution in [0, 0.1) is 0 Å². The van der Waals surface area contributed by atoms with Crippen molar-refractivity contribution in [3.63, 3.8) is 0 Å². The number of hydrogen-bond donors (Lipinski definition) is 1. The number of aliphatic hydroxyl groups is 1. The highest BCUT2D eigenvalue weighted by molar-refractivity contribution is 5.86. The second-order valence-electron chi connectivity index (χ2n) is 9.13. The van der Waals surface area contributed by atoms with Gasteiger partial charge in [-0.2, -0.15) is 0 Å². The fourth-order valence-corrected chi connectivity index (χ4v) is 4.99. The molecular weight excluding hydrogens is 444 g/mol. The van der Waals surface area contributed by atoms with Gasteiger partial charge in [0.1, 0.15) is 12.6 Å². The molecule has 1 fully saturated rings. The largest absolute Gasteiger partial charge is 0.461 e. The van der Waals surface area contributed by atoms with Crippen LogP contribution in [0.15, 0.2) is 61.2 Å². The summed E-state index contributed by atoms with van der Waals surface area (Å²) in [6, 6.07) is 15.5. The SMILES string of the molecule is C=CCOC(=O)C[C@@H](C(=O)N1CCCCC1)N(C)C(O)OCC1c2ccccc2-c2ccccc21. The first-order valence-corrected chi connectivity index (χ1v) is 12.3. The summed E-state index contributed by atoms with van der Waals surface area (Å²) < 4.78 is 11.1. The number of nitrogens with zero attached hydrogens (tertiary/aromatic N) is 2. The van der Waals surface area contributed by atoms with Gasteiger partial charge in [0.2, 0.25) is 12.3 Å². The number of amides is 1. The molecule has 1 heterocycles. The molecule has 0 spiro atoms. The minimum atomic E-state index is -1.36. The van der Waals surface area contributed by atoms with E-state index in [1.165, 1.54) is 22.1 Å². The topological polar surface area (TPSA) is 79.3 Å². The van der Waals surface area contributed by atoms with Crippen LogP contribution in [0.4, 0.5) is 0 Å². The monoisotopic (exact) mass is 478 g/mol. The van der Waals surface area contributed by atoms with E-state index in [-0.39, 0.29) is 31.5 Å². The molecule has 186 valence electrons. The van der Waals surface area contributed by atoms with Crippen LogP contribution >= 0.6 is 0 Å². The second-order valence-corrected chi connectivity index (χ2v) is 9.13. The molecule has 1 aliphatic heterocycles. The standard InChI is InChI=1S/C28H34N2O5/c1-3-17-34-26(31)18-25(27(32)30-15-9-4-10-16-30)29(2)28(33)35-19-24-22-13-7-5-11-20(22)21-12-6-8-14-23(21)24/h3,5-8,11-14,24-25,28,33H,1,4,9-10,15-19H2,2H3/t25-,28?/m0/s1. The Morgan fingerprint density at radius 3 is 2.29 bits per heavy atom. The van der Waals surface area contributed by atoms with E-state index in [4.69, 9.17) is 9.47 Å². The number of benzene rings is 2. The van der Waals surface area contributed by atoms with Gasteiger partial charge in [0.15, 0.2) is 0 Å². The van der Waals surface area contributed by atoms with Gasteiger partial charge in [-0.1, -0.05) is 61.2 Å². The second kappa shape index (κ2) is 11.6. The van der Waals surface area contributed by atoms with E-state index in [2.05, 4.69) is 30.8 Å². The number of esters is 1. The Morgan fingerprint density at radius 1 is 1.09 bits per heavy atom. The Hall–Kier alpha value is -3.00. The van der Waals surface area contributed by atoms with Gasteiger partial charge in [0.05, 0.1) is 13.0 Å². The van der Waals surface area contributed by atoms with Gasteiger partial charge in [-0.15, -0.1) is 0 Å². The fraction of sp³-hybridized carbons (Fsp3) is 0.429. The maximum absolute atomic E-state index is 13.3. The lowest BCUT2D eigenvalue weighted by molar-refractivity contribution is -0.204. The number of carbonyl (C=O) groups excluding carboxylic acids is 2. The fourth-order valence-electron chi connectivity index (χ4n) is 4.99. The lowest BCUT2D eigenvalue weighted by Gasteiger charge is -2.36. The van der Waals surface area contributed by atoms with Crippen LogP contribution in [-0.4, -0.2) is 72.6 Å². The molecule has 0 saturated carbocycles. The van der Waals surface area contributed by atoms with E-state index in [1.807, 2.05) is 24.3 Å². The Labute approximate surface area is 206 Å². The quantitative estimate of drug-likeness (QED) is 0.320. The molecule has 7 heteroatoms. The number of piperidine rings is 1. The van der Waals surface area contributed by atoms with Crippen molar-refractivity contribution in [1.29, 1.82) is 0 Å². The highest BCUT2D eigenvalue weighted by Gasteiger charge is 2.35. The van der Waals surface area contributed by atoms with E-state index in [9.17, 15) is 14.7 Å². The number of likely N-dealkylation sites (tertiary alicyclic amines) is 1. The normalized spacial score (nSPS) is 16.9. The van der Waals surface area contributed by atoms with Gasteiger partial charge >= 0.3 is 5.97 Å². The predicted molar refractivity (Wildman–Crippen MR) is 133 cm³/mol. The van der Waals surface area contributed by atoms with Crippen LogP contribution in [0.1, 0.15) is 42.7 Å². The van der Waals surface area contributed by atoms with E-state index in [1.54, 1.807) is 11.9 Å². The summed E-state index contributed by atoms with van der Waals surface area (Å²) in [5, 5.41) is 10.9. The molecule has 1 saturated heterocycles. The van der Waals surface area contributed by atoms with Crippen molar-refractivity contribution in [3.05, 3.63) is 72.3 Å². The van der Waals surface area contributed by atoms with Crippen molar-refractivity contribution >= 4 is 11.9 Å². The first kappa shape index (κ1) is 25.1. The summed E-state index contributed by atoms with van der Waals surface area (Å²) in [5.41, 5.74) is 4.64. The summed E-state index contributed by atoms with van der Waals surface area (Å²) in [4.78, 5) is 28.9. The molecule has 35 heavy (non-hydrogen) atoms. The van der Waals surface area contributed by atoms with Gasteiger partial charge < -0.3 is 19.5 Å². The molecular formula is C28H34N2O5. The van der Waals surface area contributed by atoms with Crippen LogP contribution in [0.3, 0.4) is 0 Å². The van der Waals surface area contributed by atoms with Crippen molar-refractivity contribution in [2.45, 2.75) is 44.1 Å². The molecule has 2 atom stereocenters. The molecule has 0 radical (unpaired) electrons. The maximum atomic E-state index is 13.3. The van der Waals surface area contributed by atoms with Crippen LogP contribution in [0.5, 0.6) is 0 Å². The summed E-state index contributed by atoms with van der Waals surface area (Å²) >= 11 is 0. The number of likely N-dealkylation sites (N-methyl/N-ethyl adjacent to an activating group) is 1. The molecule has 1 unspecified atom stereocenters. The molecule has 4 rings (SSSR count). The molecule has 1 amide bonds. The third-order valence-corrected chi connectivity index (χ3v) is 6.89. The van der Waals surface area contributed by atoms with Crippen LogP contribution in [0.25, 0.3) is 11.1 Å². The highest BCUT2D eigenvalue weighted by Crippen LogP contribution is 2.44. The molecule has 2 aliphatic rings. The Bertz CT molecular complexity index is 1000. The molecule has 1 N–H and O–H groups in total. The lowest BCUT2D eigenvalue weighted by atomic mass is 9.98. The molecule has 1 aliphatic carbocycles. The van der Waals surface area contributed by atoms with Crippen molar-refractivity contribution in [3.8, 4) is 11.1 Å². The van der Waals surface area contributed by atoms with Crippen molar-refractivity contribution in [2.75, 3.05) is 33.4 Å². The van der Waals surface area contributed by atoms with Gasteiger partial charge in [0.25, 0.3) is 0 Å². The molecule has 0 aromatic heterocycles. The molecule has 2 aromatic rings. The Kier molecular flexibility index (Phi) is 8.33. The predicted octanol–water partition coefficient (Wildman–Crippen LogP) is 3.52. The average Bonchev–Trinajstić information content (AvgIpc) is 3.22. The minimum absolute atomic E-state index is 0.0285. The van der Waals surface area contributed by atoms with Crippen LogP contribution < -0.4 is 0 Å². The van der Waals surface area contributed by atoms with Gasteiger partial charge in [-0.05, 0) is 48.6 Å². The number of rotatable bonds is 10. The number of carbonyl (C=O) groups is 2. The van der Waals surface area contributed by atoms with E-state index in [0.29, 0.717) is 13.1 Å². The zero-order chi connectivity index (χ0) is 24.8. The van der Waals surface area contributed by atoms with E-state index in [0.717, 1.165) is 30.4 Å². The minimum Gasteiger partial charge on any atom is -0.461 e. The molecule has 2 aromatic carbocycles. The van der Waals surface area contributed by atoms with Gasteiger partial charge in [-0.25, -0.2) is 4.90 Å². The van der Waals surface area contributed by atoms with Crippen LogP contribution in [-0.2, 0) is 19.1 Å². The maximum Gasteiger partial charge on any atom is 0.308 e. The summed E-state index contributed by atoms with van der Waals surface area (Å²) in [5.74, 6) is -0.737. The third kappa shape index (κ3) is 5.64. The number of aliphatic hydroxyl groups excluding tert-OH is 1. The van der Waals surface area contributed by atoms with Gasteiger partial charge in [0, 0.05) is 19.0 Å². The van der Waals surface area contributed by atoms with E-state index >= 15 is 0 Å². The summed E-state index contributed by atoms with van der Waals surface area (Å²) in [6.07, 6.45) is 2.90. The van der Waals surface area contributed by atoms with Crippen molar-refractivity contribution < 1.29 is 24.2 Å². The van der Waals surface area contributed by atoms with Gasteiger partial charge in [-0.3, -0.25) is 9.59 Å². The van der Waals surface area contributed by atoms with Crippen LogP contribution in [0.2, 0.25) is 0 Å². The Morgan fingerprint density at radius 2 is 1.69 bits per heavy atom. The lowest BCUT2D eigenvalue weighted by Crippen LogP contribution is -2.53. The zero-order valence-corrected chi connectivity index (χ0v) is 20.3. The first-order valence-electron chi connectivity index (χ1n) is 12.3. The highest BCUT2D eigenvalue weighted by atomic mass is 16.6. The third-order valence-electron chi connectivity index (χ3n) is 6.89. The number of fused-ring (bicyclic) bond motifs is 3. The van der Waals surface area contributed by atoms with E-state index < -0.39 is 18.4 Å². The van der Waals surface area contributed by atoms with Crippen molar-refractivity contribution in [2.24, 2.45) is 0 Å². The number of hydrogen-bond acceptors (Lipinski definition) is 6. The first-order chi connectivity index (χ1) is 17.0. The summed E-state index contributed by atoms with van der Waals surface area (Å²) in [7, 11) is 1.61. The number of ether oxygens (including phenoxy) is 2. The smallest absolute Gasteiger partial charge is 0.308 e.